The van der Waals surface area contributed by atoms with Crippen LogP contribution in [0.15, 0.2) is 77.7 Å². The van der Waals surface area contributed by atoms with Gasteiger partial charge in [-0.05, 0) is 72.6 Å². The average Bonchev–Trinajstić information content (AvgIpc) is 2.80. The number of carbonyl (C=O) groups is 2. The summed E-state index contributed by atoms with van der Waals surface area (Å²) in [4.78, 5) is 25.2. The summed E-state index contributed by atoms with van der Waals surface area (Å²) in [6.07, 6.45) is 1.13. The van der Waals surface area contributed by atoms with Crippen LogP contribution in [-0.2, 0) is 26.2 Å². The molecule has 1 fully saturated rings. The third-order valence-electron chi connectivity index (χ3n) is 5.11. The molecule has 0 aliphatic carbocycles. The second-order valence-electron chi connectivity index (χ2n) is 7.52. The smallest absolute Gasteiger partial charge is 0.261 e. The molecule has 1 aliphatic heterocycles. The minimum Gasteiger partial charge on any atom is -0.489 e. The van der Waals surface area contributed by atoms with Gasteiger partial charge in [-0.1, -0.05) is 23.7 Å². The monoisotopic (exact) mass is 484 g/mol. The molecule has 7 nitrogen and oxygen atoms in total. The highest BCUT2D eigenvalue weighted by Gasteiger charge is 2.27. The van der Waals surface area contributed by atoms with Gasteiger partial charge in [-0.15, -0.1) is 0 Å². The zero-order valence-corrected chi connectivity index (χ0v) is 19.1. The van der Waals surface area contributed by atoms with Crippen molar-refractivity contribution in [3.05, 3.63) is 83.4 Å². The predicted molar refractivity (Wildman–Crippen MR) is 126 cm³/mol. The van der Waals surface area contributed by atoms with E-state index in [2.05, 4.69) is 4.72 Å². The Morgan fingerprint density at radius 2 is 1.45 bits per heavy atom. The van der Waals surface area contributed by atoms with E-state index in [9.17, 15) is 18.0 Å². The molecule has 0 spiro atoms. The Hall–Kier alpha value is -3.36. The molecule has 1 aliphatic rings. The number of amides is 2. The summed E-state index contributed by atoms with van der Waals surface area (Å²) in [6, 6.07) is 19.5. The number of nitrogens with one attached hydrogen (secondary N) is 1. The molecule has 0 radical (unpaired) electrons. The Labute approximate surface area is 197 Å². The molecule has 0 saturated carbocycles. The van der Waals surface area contributed by atoms with Crippen molar-refractivity contribution in [1.29, 1.82) is 0 Å². The molecule has 4 rings (SSSR count). The van der Waals surface area contributed by atoms with Crippen LogP contribution >= 0.6 is 11.6 Å². The van der Waals surface area contributed by atoms with Gasteiger partial charge in [0.1, 0.15) is 12.4 Å². The highest BCUT2D eigenvalue weighted by Crippen LogP contribution is 2.25. The molecule has 1 saturated heterocycles. The minimum atomic E-state index is -3.85. The molecule has 0 aromatic heterocycles. The Kier molecular flexibility index (Phi) is 6.67. The van der Waals surface area contributed by atoms with E-state index in [4.69, 9.17) is 16.3 Å². The van der Waals surface area contributed by atoms with Crippen molar-refractivity contribution < 1.29 is 22.7 Å². The molecule has 0 atom stereocenters. The maximum Gasteiger partial charge on any atom is 0.261 e. The van der Waals surface area contributed by atoms with Gasteiger partial charge in [0.25, 0.3) is 10.0 Å². The summed E-state index contributed by atoms with van der Waals surface area (Å²) < 4.78 is 33.7. The zero-order valence-electron chi connectivity index (χ0n) is 17.5. The van der Waals surface area contributed by atoms with Crippen LogP contribution in [0.3, 0.4) is 0 Å². The molecule has 3 aromatic rings. The standard InChI is InChI=1S/C24H21ClN2O5S/c25-18-6-4-17(5-7-18)16-32-21-12-8-19(9-13-21)26-33(30,31)22-14-10-20(11-15-22)27-23(28)2-1-3-24(27)29/h4-15,26H,1-3,16H2. The van der Waals surface area contributed by atoms with Crippen molar-refractivity contribution in [2.24, 2.45) is 0 Å². The Bertz CT molecular complexity index is 1240. The molecule has 9 heteroatoms. The van der Waals surface area contributed by atoms with E-state index in [1.807, 2.05) is 12.1 Å². The van der Waals surface area contributed by atoms with Gasteiger partial charge in [0.15, 0.2) is 0 Å². The molecule has 0 bridgehead atoms. The van der Waals surface area contributed by atoms with Crippen molar-refractivity contribution in [3.63, 3.8) is 0 Å². The minimum absolute atomic E-state index is 0.0197. The number of piperidine rings is 1. The fourth-order valence-electron chi connectivity index (χ4n) is 3.40. The van der Waals surface area contributed by atoms with Gasteiger partial charge in [0.2, 0.25) is 11.8 Å². The number of hydrogen-bond acceptors (Lipinski definition) is 5. The number of sulfonamides is 1. The lowest BCUT2D eigenvalue weighted by Crippen LogP contribution is -2.40. The van der Waals surface area contributed by atoms with Crippen LogP contribution in [0.4, 0.5) is 11.4 Å². The largest absolute Gasteiger partial charge is 0.489 e. The van der Waals surface area contributed by atoms with Gasteiger partial charge in [-0.25, -0.2) is 8.42 Å². The predicted octanol–water partition coefficient (Wildman–Crippen LogP) is 4.76. The summed E-state index contributed by atoms with van der Waals surface area (Å²) in [5.74, 6) is 0.0322. The Morgan fingerprint density at radius 1 is 0.848 bits per heavy atom. The molecule has 1 N–H and O–H groups in total. The summed E-state index contributed by atoms with van der Waals surface area (Å²) >= 11 is 5.87. The van der Waals surface area contributed by atoms with E-state index in [-0.39, 0.29) is 16.7 Å². The molecule has 0 unspecified atom stereocenters. The first-order chi connectivity index (χ1) is 15.8. The van der Waals surface area contributed by atoms with Gasteiger partial charge in [-0.2, -0.15) is 0 Å². The van der Waals surface area contributed by atoms with Crippen LogP contribution < -0.4 is 14.4 Å². The molecule has 170 valence electrons. The van der Waals surface area contributed by atoms with Crippen LogP contribution in [0.5, 0.6) is 5.75 Å². The normalized spacial score (nSPS) is 14.3. The number of nitrogens with zero attached hydrogens (tertiary/aromatic N) is 1. The summed E-state index contributed by atoms with van der Waals surface area (Å²) in [6.45, 7) is 0.358. The highest BCUT2D eigenvalue weighted by atomic mass is 35.5. The molecular weight excluding hydrogens is 464 g/mol. The summed E-state index contributed by atoms with van der Waals surface area (Å²) in [7, 11) is -3.85. The van der Waals surface area contributed by atoms with Crippen molar-refractivity contribution >= 4 is 44.8 Å². The van der Waals surface area contributed by atoms with E-state index < -0.39 is 10.0 Å². The topological polar surface area (TPSA) is 92.8 Å². The van der Waals surface area contributed by atoms with Gasteiger partial charge in [0.05, 0.1) is 10.6 Å². The lowest BCUT2D eigenvalue weighted by molar-refractivity contribution is -0.129. The van der Waals surface area contributed by atoms with E-state index >= 15 is 0 Å². The quantitative estimate of drug-likeness (QED) is 0.488. The van der Waals surface area contributed by atoms with Crippen molar-refractivity contribution in [1.82, 2.24) is 0 Å². The first-order valence-electron chi connectivity index (χ1n) is 10.3. The van der Waals surface area contributed by atoms with Crippen LogP contribution in [-0.4, -0.2) is 20.2 Å². The average molecular weight is 485 g/mol. The second-order valence-corrected chi connectivity index (χ2v) is 9.63. The SMILES string of the molecule is O=C1CCCC(=O)N1c1ccc(S(=O)(=O)Nc2ccc(OCc3ccc(Cl)cc3)cc2)cc1. The molecule has 33 heavy (non-hydrogen) atoms. The second kappa shape index (κ2) is 9.64. The molecular formula is C24H21ClN2O5S. The summed E-state index contributed by atoms with van der Waals surface area (Å²) in [5.41, 5.74) is 1.70. The maximum absolute atomic E-state index is 12.7. The number of rotatable bonds is 7. The van der Waals surface area contributed by atoms with E-state index in [1.165, 1.54) is 24.3 Å². The van der Waals surface area contributed by atoms with Crippen molar-refractivity contribution in [2.75, 3.05) is 9.62 Å². The lowest BCUT2D eigenvalue weighted by Gasteiger charge is -2.24. The zero-order chi connectivity index (χ0) is 23.4. The van der Waals surface area contributed by atoms with E-state index in [1.54, 1.807) is 36.4 Å². The number of imide groups is 1. The molecule has 1 heterocycles. The van der Waals surface area contributed by atoms with Crippen LogP contribution in [0, 0.1) is 0 Å². The number of hydrogen-bond donors (Lipinski definition) is 1. The Morgan fingerprint density at radius 3 is 2.06 bits per heavy atom. The molecule has 3 aromatic carbocycles. The first-order valence-corrected chi connectivity index (χ1v) is 12.1. The maximum atomic E-state index is 12.7. The highest BCUT2D eigenvalue weighted by molar-refractivity contribution is 7.92. The van der Waals surface area contributed by atoms with Gasteiger partial charge < -0.3 is 4.74 Å². The number of ether oxygens (including phenoxy) is 1. The first kappa shape index (κ1) is 22.8. The van der Waals surface area contributed by atoms with Gasteiger partial charge in [0, 0.05) is 23.6 Å². The third kappa shape index (κ3) is 5.53. The van der Waals surface area contributed by atoms with Gasteiger partial charge in [-0.3, -0.25) is 19.2 Å². The lowest BCUT2D eigenvalue weighted by atomic mass is 10.1. The van der Waals surface area contributed by atoms with Crippen LogP contribution in [0.1, 0.15) is 24.8 Å². The number of benzene rings is 3. The van der Waals surface area contributed by atoms with Gasteiger partial charge >= 0.3 is 0 Å². The van der Waals surface area contributed by atoms with Crippen LogP contribution in [0.25, 0.3) is 0 Å². The molecule has 2 amide bonds. The fourth-order valence-corrected chi connectivity index (χ4v) is 4.58. The van der Waals surface area contributed by atoms with Crippen molar-refractivity contribution in [3.8, 4) is 5.75 Å². The number of carbonyl (C=O) groups excluding carboxylic acids is 2. The summed E-state index contributed by atoms with van der Waals surface area (Å²) in [5, 5.41) is 0.651. The number of anilines is 2. The Balaban J connectivity index is 1.40. The van der Waals surface area contributed by atoms with Crippen molar-refractivity contribution in [2.45, 2.75) is 30.8 Å². The van der Waals surface area contributed by atoms with E-state index in [0.29, 0.717) is 48.0 Å². The van der Waals surface area contributed by atoms with Crippen LogP contribution in [0.2, 0.25) is 5.02 Å². The fraction of sp³-hybridized carbons (Fsp3) is 0.167. The number of halogens is 1. The third-order valence-corrected chi connectivity index (χ3v) is 6.76. The van der Waals surface area contributed by atoms with E-state index in [0.717, 1.165) is 10.5 Å².